The summed E-state index contributed by atoms with van der Waals surface area (Å²) in [7, 11) is 0. The Balaban J connectivity index is 2.00. The van der Waals surface area contributed by atoms with E-state index in [-0.39, 0.29) is 6.04 Å². The number of nitrogens with two attached hydrogens (primary N) is 1. The third-order valence-electron chi connectivity index (χ3n) is 3.23. The van der Waals surface area contributed by atoms with Crippen LogP contribution in [0.5, 0.6) is 0 Å². The molecule has 0 saturated heterocycles. The first kappa shape index (κ1) is 11.7. The molecule has 1 atom stereocenters. The van der Waals surface area contributed by atoms with Crippen molar-refractivity contribution in [2.75, 3.05) is 6.61 Å². The van der Waals surface area contributed by atoms with Crippen LogP contribution in [-0.4, -0.2) is 17.3 Å². The Hall–Kier alpha value is -0.800. The van der Waals surface area contributed by atoms with Gasteiger partial charge in [-0.1, -0.05) is 0 Å². The average molecular weight is 222 g/mol. The zero-order valence-corrected chi connectivity index (χ0v) is 10.3. The molecule has 2 rings (SSSR count). The van der Waals surface area contributed by atoms with E-state index in [1.54, 1.807) is 0 Å². The molecule has 3 nitrogen and oxygen atoms in total. The van der Waals surface area contributed by atoms with Crippen molar-refractivity contribution in [3.63, 3.8) is 0 Å². The zero-order valence-electron chi connectivity index (χ0n) is 10.3. The molecule has 1 aromatic heterocycles. The molecule has 2 N–H and O–H groups in total. The Morgan fingerprint density at radius 3 is 3.12 bits per heavy atom. The summed E-state index contributed by atoms with van der Waals surface area (Å²) in [5, 5.41) is 0. The summed E-state index contributed by atoms with van der Waals surface area (Å²) >= 11 is 0. The van der Waals surface area contributed by atoms with E-state index in [0.29, 0.717) is 6.10 Å². The molecule has 90 valence electrons. The van der Waals surface area contributed by atoms with E-state index in [2.05, 4.69) is 30.7 Å². The first-order chi connectivity index (χ1) is 7.68. The number of hydrogen-bond donors (Lipinski definition) is 1. The molecule has 1 aliphatic carbocycles. The minimum absolute atomic E-state index is 0.246. The molecule has 3 heteroatoms. The number of fused-ring (bicyclic) bond motifs is 1. The van der Waals surface area contributed by atoms with Crippen LogP contribution >= 0.6 is 0 Å². The lowest BCUT2D eigenvalue weighted by atomic mass is 9.94. The van der Waals surface area contributed by atoms with E-state index in [1.807, 2.05) is 0 Å². The molecule has 0 fully saturated rings. The summed E-state index contributed by atoms with van der Waals surface area (Å²) < 4.78 is 7.88. The average Bonchev–Trinajstić information content (AvgIpc) is 2.63. The summed E-state index contributed by atoms with van der Waals surface area (Å²) in [6.45, 7) is 5.87. The predicted octanol–water partition coefficient (Wildman–Crippen LogP) is 2.25. The third kappa shape index (κ3) is 2.47. The highest BCUT2D eigenvalue weighted by Crippen LogP contribution is 2.28. The zero-order chi connectivity index (χ0) is 11.5. The van der Waals surface area contributed by atoms with E-state index in [0.717, 1.165) is 26.0 Å². The molecule has 1 aliphatic rings. The second-order valence-electron chi connectivity index (χ2n) is 4.83. The number of nitrogens with zero attached hydrogens (tertiary/aromatic N) is 1. The highest BCUT2D eigenvalue weighted by atomic mass is 16.5. The Labute approximate surface area is 97.6 Å². The summed E-state index contributed by atoms with van der Waals surface area (Å²) in [4.78, 5) is 0. The van der Waals surface area contributed by atoms with Crippen LogP contribution in [0.4, 0.5) is 0 Å². The number of aromatic nitrogens is 1. The van der Waals surface area contributed by atoms with Crippen LogP contribution in [0.25, 0.3) is 0 Å². The van der Waals surface area contributed by atoms with Gasteiger partial charge in [0.2, 0.25) is 0 Å². The fraction of sp³-hybridized carbons (Fsp3) is 0.692. The molecule has 1 aromatic rings. The van der Waals surface area contributed by atoms with Gasteiger partial charge < -0.3 is 15.0 Å². The van der Waals surface area contributed by atoms with Gasteiger partial charge in [-0.15, -0.1) is 0 Å². The van der Waals surface area contributed by atoms with Gasteiger partial charge in [-0.05, 0) is 44.7 Å². The first-order valence-corrected chi connectivity index (χ1v) is 6.23. The Kier molecular flexibility index (Phi) is 3.66. The van der Waals surface area contributed by atoms with Crippen molar-refractivity contribution in [1.82, 2.24) is 4.57 Å². The van der Waals surface area contributed by atoms with Crippen molar-refractivity contribution < 1.29 is 4.74 Å². The lowest BCUT2D eigenvalue weighted by Gasteiger charge is -2.21. The third-order valence-corrected chi connectivity index (χ3v) is 3.23. The van der Waals surface area contributed by atoms with Gasteiger partial charge in [0.25, 0.3) is 0 Å². The number of rotatable bonds is 4. The topological polar surface area (TPSA) is 40.2 Å². The predicted molar refractivity (Wildman–Crippen MR) is 65.4 cm³/mol. The van der Waals surface area contributed by atoms with E-state index in [9.17, 15) is 0 Å². The Morgan fingerprint density at radius 2 is 2.38 bits per heavy atom. The van der Waals surface area contributed by atoms with Crippen molar-refractivity contribution >= 4 is 0 Å². The highest BCUT2D eigenvalue weighted by Gasteiger charge is 2.19. The van der Waals surface area contributed by atoms with Gasteiger partial charge in [0.15, 0.2) is 0 Å². The van der Waals surface area contributed by atoms with Crippen LogP contribution < -0.4 is 5.73 Å². The monoisotopic (exact) mass is 222 g/mol. The standard InChI is InChI=1S/C13H22N2O/c1-10(2)16-9-8-15-7-6-11-12(14)4-3-5-13(11)15/h6-7,10,12H,3-5,8-9,14H2,1-2H3. The maximum absolute atomic E-state index is 6.09. The first-order valence-electron chi connectivity index (χ1n) is 6.23. The molecule has 0 aliphatic heterocycles. The van der Waals surface area contributed by atoms with Crippen molar-refractivity contribution in [1.29, 1.82) is 0 Å². The van der Waals surface area contributed by atoms with Gasteiger partial charge in [0.1, 0.15) is 0 Å². The van der Waals surface area contributed by atoms with Crippen LogP contribution in [-0.2, 0) is 17.7 Å². The van der Waals surface area contributed by atoms with E-state index < -0.39 is 0 Å². The molecule has 0 spiro atoms. The maximum atomic E-state index is 6.09. The lowest BCUT2D eigenvalue weighted by molar-refractivity contribution is 0.0723. The molecule has 0 saturated carbocycles. The summed E-state index contributed by atoms with van der Waals surface area (Å²) in [6.07, 6.45) is 5.97. The van der Waals surface area contributed by atoms with Gasteiger partial charge in [0.05, 0.1) is 12.7 Å². The van der Waals surface area contributed by atoms with Crippen LogP contribution in [0, 0.1) is 0 Å². The van der Waals surface area contributed by atoms with Crippen LogP contribution in [0.3, 0.4) is 0 Å². The van der Waals surface area contributed by atoms with E-state index in [4.69, 9.17) is 10.5 Å². The molecule has 16 heavy (non-hydrogen) atoms. The van der Waals surface area contributed by atoms with Gasteiger partial charge in [0, 0.05) is 24.5 Å². The molecule has 1 unspecified atom stereocenters. The van der Waals surface area contributed by atoms with E-state index >= 15 is 0 Å². The maximum Gasteiger partial charge on any atom is 0.0649 e. The number of ether oxygens (including phenoxy) is 1. The fourth-order valence-electron chi connectivity index (χ4n) is 2.39. The largest absolute Gasteiger partial charge is 0.377 e. The van der Waals surface area contributed by atoms with Crippen molar-refractivity contribution in [2.45, 2.75) is 51.8 Å². The minimum Gasteiger partial charge on any atom is -0.377 e. The number of hydrogen-bond acceptors (Lipinski definition) is 2. The van der Waals surface area contributed by atoms with Crippen molar-refractivity contribution in [2.24, 2.45) is 5.73 Å². The minimum atomic E-state index is 0.246. The summed E-state index contributed by atoms with van der Waals surface area (Å²) in [6, 6.07) is 2.42. The SMILES string of the molecule is CC(C)OCCn1ccc2c1CCCC2N. The second kappa shape index (κ2) is 5.02. The molecular weight excluding hydrogens is 200 g/mol. The Bertz CT molecular complexity index is 344. The smallest absolute Gasteiger partial charge is 0.0649 e. The van der Waals surface area contributed by atoms with Crippen LogP contribution in [0.1, 0.15) is 44.0 Å². The van der Waals surface area contributed by atoms with E-state index in [1.165, 1.54) is 17.7 Å². The van der Waals surface area contributed by atoms with Gasteiger partial charge in [-0.25, -0.2) is 0 Å². The highest BCUT2D eigenvalue weighted by molar-refractivity contribution is 5.28. The lowest BCUT2D eigenvalue weighted by Crippen LogP contribution is -2.19. The van der Waals surface area contributed by atoms with Crippen LogP contribution in [0.15, 0.2) is 12.3 Å². The summed E-state index contributed by atoms with van der Waals surface area (Å²) in [5.41, 5.74) is 8.86. The molecule has 0 amide bonds. The van der Waals surface area contributed by atoms with Gasteiger partial charge >= 0.3 is 0 Å². The van der Waals surface area contributed by atoms with Crippen molar-refractivity contribution in [3.8, 4) is 0 Å². The van der Waals surface area contributed by atoms with Crippen molar-refractivity contribution in [3.05, 3.63) is 23.5 Å². The van der Waals surface area contributed by atoms with Gasteiger partial charge in [-0.2, -0.15) is 0 Å². The molecule has 1 heterocycles. The normalized spacial score (nSPS) is 20.1. The Morgan fingerprint density at radius 1 is 1.56 bits per heavy atom. The quantitative estimate of drug-likeness (QED) is 0.848. The molecule has 0 bridgehead atoms. The van der Waals surface area contributed by atoms with Crippen LogP contribution in [0.2, 0.25) is 0 Å². The fourth-order valence-corrected chi connectivity index (χ4v) is 2.39. The second-order valence-corrected chi connectivity index (χ2v) is 4.83. The van der Waals surface area contributed by atoms with Gasteiger partial charge in [-0.3, -0.25) is 0 Å². The molecule has 0 radical (unpaired) electrons. The molecule has 0 aromatic carbocycles. The summed E-state index contributed by atoms with van der Waals surface area (Å²) in [5.74, 6) is 0. The molecular formula is C13H22N2O.